The Kier molecular flexibility index (Phi) is 2.03. The Morgan fingerprint density at radius 2 is 2.20 bits per heavy atom. The van der Waals surface area contributed by atoms with E-state index in [2.05, 4.69) is 10.1 Å². The summed E-state index contributed by atoms with van der Waals surface area (Å²) < 4.78 is 1.70. The number of H-pyrrole nitrogens is 1. The number of nitrogens with one attached hydrogen (secondary N) is 1. The summed E-state index contributed by atoms with van der Waals surface area (Å²) in [5, 5.41) is 14.5. The number of aromatic hydroxyl groups is 1. The summed E-state index contributed by atoms with van der Waals surface area (Å²) in [6, 6.07) is 1.31. The number of fused-ring (bicyclic) bond motifs is 1. The summed E-state index contributed by atoms with van der Waals surface area (Å²) in [5.41, 5.74) is 0.974. The van der Waals surface area contributed by atoms with Crippen molar-refractivity contribution in [1.29, 1.82) is 0 Å². The van der Waals surface area contributed by atoms with Gasteiger partial charge in [0, 0.05) is 12.1 Å². The van der Waals surface area contributed by atoms with Crippen LogP contribution in [0.2, 0.25) is 0 Å². The van der Waals surface area contributed by atoms with Crippen LogP contribution in [0.3, 0.4) is 0 Å². The number of nitrogens with zero attached hydrogens (tertiary/aromatic N) is 2. The van der Waals surface area contributed by atoms with Crippen LogP contribution in [0, 0.1) is 6.92 Å². The molecule has 2 heterocycles. The summed E-state index contributed by atoms with van der Waals surface area (Å²) >= 11 is 0. The fourth-order valence-corrected chi connectivity index (χ4v) is 1.70. The molecule has 0 fully saturated rings. The van der Waals surface area contributed by atoms with Gasteiger partial charge < -0.3 is 10.1 Å². The van der Waals surface area contributed by atoms with Crippen LogP contribution in [0.15, 0.2) is 10.9 Å². The summed E-state index contributed by atoms with van der Waals surface area (Å²) in [7, 11) is 0. The van der Waals surface area contributed by atoms with Crippen molar-refractivity contribution in [1.82, 2.24) is 14.8 Å². The van der Waals surface area contributed by atoms with Crippen molar-refractivity contribution in [2.75, 3.05) is 0 Å². The van der Waals surface area contributed by atoms with Crippen LogP contribution in [-0.4, -0.2) is 19.9 Å². The average molecular weight is 207 g/mol. The minimum atomic E-state index is -0.318. The number of aryl methyl sites for hydroxylation is 1. The summed E-state index contributed by atoms with van der Waals surface area (Å²) in [4.78, 5) is 13.9. The highest BCUT2D eigenvalue weighted by Crippen LogP contribution is 2.25. The fraction of sp³-hybridized carbons (Fsp3) is 0.400. The maximum absolute atomic E-state index is 11.2. The molecular formula is C10H13N3O2. The molecule has 0 aliphatic heterocycles. The Morgan fingerprint density at radius 1 is 1.53 bits per heavy atom. The predicted octanol–water partition coefficient (Wildman–Crippen LogP) is 1.32. The smallest absolute Gasteiger partial charge is 0.253 e. The van der Waals surface area contributed by atoms with Crippen molar-refractivity contribution in [3.05, 3.63) is 22.1 Å². The third-order valence-electron chi connectivity index (χ3n) is 2.34. The van der Waals surface area contributed by atoms with E-state index in [1.165, 1.54) is 6.07 Å². The lowest BCUT2D eigenvalue weighted by molar-refractivity contribution is 0.480. The highest BCUT2D eigenvalue weighted by molar-refractivity contribution is 5.84. The molecule has 0 aliphatic carbocycles. The van der Waals surface area contributed by atoms with Gasteiger partial charge in [-0.2, -0.15) is 5.10 Å². The van der Waals surface area contributed by atoms with Crippen LogP contribution in [0.25, 0.3) is 11.0 Å². The van der Waals surface area contributed by atoms with Crippen molar-refractivity contribution in [3.8, 4) is 5.75 Å². The Balaban J connectivity index is 2.93. The summed E-state index contributed by atoms with van der Waals surface area (Å²) in [6.45, 7) is 5.74. The molecular weight excluding hydrogens is 194 g/mol. The van der Waals surface area contributed by atoms with E-state index in [0.717, 1.165) is 0 Å². The SMILES string of the molecule is Cc1nn(C(C)C)c2[nH]c(=O)cc(O)c12. The minimum Gasteiger partial charge on any atom is -0.507 e. The Labute approximate surface area is 86.4 Å². The van der Waals surface area contributed by atoms with Crippen LogP contribution in [0.1, 0.15) is 25.6 Å². The standard InChI is InChI=1S/C10H13N3O2/c1-5(2)13-10-9(6(3)12-13)7(14)4-8(15)11-10/h4-5H,1-3H3,(H2,11,14,15). The molecule has 5 heteroatoms. The lowest BCUT2D eigenvalue weighted by Gasteiger charge is -2.05. The summed E-state index contributed by atoms with van der Waals surface area (Å²) in [6.07, 6.45) is 0. The molecule has 5 nitrogen and oxygen atoms in total. The number of rotatable bonds is 1. The normalized spacial score (nSPS) is 11.5. The van der Waals surface area contributed by atoms with E-state index in [-0.39, 0.29) is 17.4 Å². The molecule has 0 saturated heterocycles. The topological polar surface area (TPSA) is 70.9 Å². The Hall–Kier alpha value is -1.78. The van der Waals surface area contributed by atoms with Gasteiger partial charge in [0.1, 0.15) is 11.4 Å². The number of aromatic amines is 1. The van der Waals surface area contributed by atoms with E-state index in [4.69, 9.17) is 0 Å². The zero-order valence-electron chi connectivity index (χ0n) is 8.90. The van der Waals surface area contributed by atoms with Crippen LogP contribution in [0.5, 0.6) is 5.75 Å². The molecule has 0 unspecified atom stereocenters. The largest absolute Gasteiger partial charge is 0.507 e. The molecule has 80 valence electrons. The molecule has 0 spiro atoms. The van der Waals surface area contributed by atoms with Gasteiger partial charge in [0.2, 0.25) is 0 Å². The highest BCUT2D eigenvalue weighted by Gasteiger charge is 2.14. The average Bonchev–Trinajstić information content (AvgIpc) is 2.42. The maximum Gasteiger partial charge on any atom is 0.253 e. The molecule has 0 atom stereocenters. The Morgan fingerprint density at radius 3 is 2.80 bits per heavy atom. The molecule has 2 aromatic rings. The zero-order chi connectivity index (χ0) is 11.2. The van der Waals surface area contributed by atoms with E-state index in [1.54, 1.807) is 11.6 Å². The summed E-state index contributed by atoms with van der Waals surface area (Å²) in [5.74, 6) is -0.0156. The second-order valence-corrected chi connectivity index (χ2v) is 3.87. The van der Waals surface area contributed by atoms with Gasteiger partial charge in [-0.05, 0) is 20.8 Å². The molecule has 0 radical (unpaired) electrons. The van der Waals surface area contributed by atoms with Crippen molar-refractivity contribution in [2.45, 2.75) is 26.8 Å². The molecule has 2 rings (SSSR count). The second-order valence-electron chi connectivity index (χ2n) is 3.87. The van der Waals surface area contributed by atoms with E-state index < -0.39 is 0 Å². The van der Waals surface area contributed by atoms with Crippen LogP contribution < -0.4 is 5.56 Å². The number of hydrogen-bond acceptors (Lipinski definition) is 3. The number of aromatic nitrogens is 3. The molecule has 0 bridgehead atoms. The minimum absolute atomic E-state index is 0.0156. The lowest BCUT2D eigenvalue weighted by atomic mass is 10.2. The van der Waals surface area contributed by atoms with Crippen molar-refractivity contribution in [3.63, 3.8) is 0 Å². The van der Waals surface area contributed by atoms with E-state index >= 15 is 0 Å². The molecule has 2 N–H and O–H groups in total. The zero-order valence-corrected chi connectivity index (χ0v) is 8.90. The van der Waals surface area contributed by atoms with Gasteiger partial charge in [-0.1, -0.05) is 0 Å². The second kappa shape index (κ2) is 3.12. The van der Waals surface area contributed by atoms with E-state index in [0.29, 0.717) is 16.7 Å². The monoisotopic (exact) mass is 207 g/mol. The van der Waals surface area contributed by atoms with Crippen LogP contribution in [-0.2, 0) is 0 Å². The van der Waals surface area contributed by atoms with Crippen LogP contribution in [0.4, 0.5) is 0 Å². The third kappa shape index (κ3) is 1.40. The first-order chi connectivity index (χ1) is 7.00. The number of pyridine rings is 1. The Bertz CT molecular complexity index is 566. The molecule has 0 aliphatic rings. The first kappa shape index (κ1) is 9.76. The van der Waals surface area contributed by atoms with Crippen molar-refractivity contribution < 1.29 is 5.11 Å². The third-order valence-corrected chi connectivity index (χ3v) is 2.34. The van der Waals surface area contributed by atoms with Crippen LogP contribution >= 0.6 is 0 Å². The van der Waals surface area contributed by atoms with Gasteiger partial charge in [0.25, 0.3) is 5.56 Å². The predicted molar refractivity (Wildman–Crippen MR) is 57.1 cm³/mol. The van der Waals surface area contributed by atoms with E-state index in [1.807, 2.05) is 13.8 Å². The highest BCUT2D eigenvalue weighted by atomic mass is 16.3. The molecule has 0 aromatic carbocycles. The van der Waals surface area contributed by atoms with Gasteiger partial charge in [0.15, 0.2) is 0 Å². The molecule has 0 amide bonds. The van der Waals surface area contributed by atoms with Gasteiger partial charge in [0.05, 0.1) is 11.1 Å². The quantitative estimate of drug-likeness (QED) is 0.740. The van der Waals surface area contributed by atoms with Gasteiger partial charge in [-0.3, -0.25) is 4.79 Å². The van der Waals surface area contributed by atoms with Gasteiger partial charge >= 0.3 is 0 Å². The van der Waals surface area contributed by atoms with Gasteiger partial charge in [-0.15, -0.1) is 0 Å². The molecule has 15 heavy (non-hydrogen) atoms. The lowest BCUT2D eigenvalue weighted by Crippen LogP contribution is -2.09. The maximum atomic E-state index is 11.2. The molecule has 2 aromatic heterocycles. The van der Waals surface area contributed by atoms with Crippen molar-refractivity contribution in [2.24, 2.45) is 0 Å². The first-order valence-electron chi connectivity index (χ1n) is 4.82. The first-order valence-corrected chi connectivity index (χ1v) is 4.82. The van der Waals surface area contributed by atoms with E-state index in [9.17, 15) is 9.90 Å². The number of hydrogen-bond donors (Lipinski definition) is 2. The molecule has 0 saturated carbocycles. The fourth-order valence-electron chi connectivity index (χ4n) is 1.70. The van der Waals surface area contributed by atoms with Crippen molar-refractivity contribution >= 4 is 11.0 Å². The van der Waals surface area contributed by atoms with Gasteiger partial charge in [-0.25, -0.2) is 4.68 Å².